The van der Waals surface area contributed by atoms with E-state index >= 15 is 0 Å². The Balaban J connectivity index is 1.09. The molecule has 0 aliphatic heterocycles. The molecule has 0 amide bonds. The van der Waals surface area contributed by atoms with Crippen LogP contribution in [-0.4, -0.2) is 26.5 Å². The number of anilines is 2. The van der Waals surface area contributed by atoms with E-state index in [1.54, 1.807) is 0 Å². The first-order chi connectivity index (χ1) is 22.7. The summed E-state index contributed by atoms with van der Waals surface area (Å²) < 4.78 is 4.77. The van der Waals surface area contributed by atoms with Crippen LogP contribution in [-0.2, 0) is 13.1 Å². The molecule has 0 spiro atoms. The highest BCUT2D eigenvalue weighted by Gasteiger charge is 2.19. The number of pyridine rings is 2. The molecule has 230 valence electrons. The smallest absolute Gasteiger partial charge is 0.213 e. The number of unbranched alkanes of at least 4 members (excludes halogenated alkanes) is 3. The summed E-state index contributed by atoms with van der Waals surface area (Å²) in [6, 6.07) is 42.1. The zero-order chi connectivity index (χ0) is 31.6. The first-order valence-corrected chi connectivity index (χ1v) is 16.2. The maximum absolute atomic E-state index is 4.84. The molecule has 0 aliphatic rings. The van der Waals surface area contributed by atoms with Gasteiger partial charge in [-0.3, -0.25) is 10.0 Å². The van der Waals surface area contributed by atoms with Gasteiger partial charge in [-0.2, -0.15) is 14.8 Å². The Bertz CT molecular complexity index is 1880. The van der Waals surface area contributed by atoms with E-state index in [1.165, 1.54) is 34.6 Å². The van der Waals surface area contributed by atoms with E-state index < -0.39 is 0 Å². The van der Waals surface area contributed by atoms with E-state index in [2.05, 4.69) is 112 Å². The van der Waals surface area contributed by atoms with E-state index in [9.17, 15) is 0 Å². The molecule has 6 heteroatoms. The van der Waals surface area contributed by atoms with Crippen molar-refractivity contribution in [1.29, 1.82) is 0 Å². The first kappa shape index (κ1) is 30.7. The van der Waals surface area contributed by atoms with Gasteiger partial charge in [-0.05, 0) is 55.3 Å². The molecule has 0 atom stereocenters. The molecule has 6 nitrogen and oxygen atoms in total. The minimum Gasteiger partial charge on any atom is -0.269 e. The van der Waals surface area contributed by atoms with Gasteiger partial charge in [0.2, 0.25) is 11.0 Å². The van der Waals surface area contributed by atoms with Crippen molar-refractivity contribution in [3.63, 3.8) is 0 Å². The Hall–Kier alpha value is -5.36. The van der Waals surface area contributed by atoms with Crippen molar-refractivity contribution >= 4 is 45.6 Å². The molecule has 2 heterocycles. The number of fused-ring (bicyclic) bond motifs is 2. The molecule has 4 aromatic carbocycles. The lowest BCUT2D eigenvalue weighted by atomic mass is 10.0. The third-order valence-electron chi connectivity index (χ3n) is 8.40. The SMILES string of the molecule is CN(/N=C/c1ccc[n+](CCCCCC[n+]2c3ccccc3c(/C=N/N(C)c3ccccc3)c3ccccc32)c1)c1ccccc1. The summed E-state index contributed by atoms with van der Waals surface area (Å²) in [5.41, 5.74) is 6.87. The fourth-order valence-electron chi connectivity index (χ4n) is 5.92. The van der Waals surface area contributed by atoms with E-state index in [1.807, 2.05) is 72.9 Å². The number of rotatable bonds is 13. The van der Waals surface area contributed by atoms with Crippen LogP contribution in [0.3, 0.4) is 0 Å². The molecule has 46 heavy (non-hydrogen) atoms. The topological polar surface area (TPSA) is 39.0 Å². The van der Waals surface area contributed by atoms with Crippen molar-refractivity contribution in [3.8, 4) is 0 Å². The van der Waals surface area contributed by atoms with Gasteiger partial charge in [0.05, 0.1) is 40.1 Å². The van der Waals surface area contributed by atoms with Crippen molar-refractivity contribution in [2.24, 2.45) is 10.2 Å². The zero-order valence-electron chi connectivity index (χ0n) is 26.8. The van der Waals surface area contributed by atoms with Crippen molar-refractivity contribution < 1.29 is 9.13 Å². The molecule has 0 fully saturated rings. The average molecular weight is 607 g/mol. The molecule has 0 bridgehead atoms. The normalized spacial score (nSPS) is 11.6. The second kappa shape index (κ2) is 15.1. The average Bonchev–Trinajstić information content (AvgIpc) is 3.12. The van der Waals surface area contributed by atoms with Crippen molar-refractivity contribution in [1.82, 2.24) is 0 Å². The van der Waals surface area contributed by atoms with Crippen molar-refractivity contribution in [2.75, 3.05) is 24.1 Å². The first-order valence-electron chi connectivity index (χ1n) is 16.2. The predicted octanol–water partition coefficient (Wildman–Crippen LogP) is 7.77. The van der Waals surface area contributed by atoms with Crippen LogP contribution in [0.4, 0.5) is 11.4 Å². The van der Waals surface area contributed by atoms with E-state index in [0.717, 1.165) is 48.4 Å². The highest BCUT2D eigenvalue weighted by Crippen LogP contribution is 2.24. The molecule has 0 aliphatic carbocycles. The van der Waals surface area contributed by atoms with Gasteiger partial charge in [0.15, 0.2) is 12.4 Å². The van der Waals surface area contributed by atoms with E-state index in [0.29, 0.717) is 0 Å². The van der Waals surface area contributed by atoms with E-state index in [4.69, 9.17) is 5.10 Å². The number of hydrazone groups is 2. The Morgan fingerprint density at radius 2 is 1.07 bits per heavy atom. The van der Waals surface area contributed by atoms with Gasteiger partial charge in [0.25, 0.3) is 0 Å². The van der Waals surface area contributed by atoms with Crippen LogP contribution in [0.25, 0.3) is 21.8 Å². The lowest BCUT2D eigenvalue weighted by molar-refractivity contribution is -0.697. The van der Waals surface area contributed by atoms with Crippen molar-refractivity contribution in [3.05, 3.63) is 145 Å². The molecular weight excluding hydrogens is 564 g/mol. The maximum atomic E-state index is 4.84. The molecule has 0 saturated heterocycles. The number of nitrogens with zero attached hydrogens (tertiary/aromatic N) is 6. The fourth-order valence-corrected chi connectivity index (χ4v) is 5.92. The van der Waals surface area contributed by atoms with Gasteiger partial charge in [-0.15, -0.1) is 0 Å². The van der Waals surface area contributed by atoms with Crippen LogP contribution >= 0.6 is 0 Å². The minimum absolute atomic E-state index is 0.983. The summed E-state index contributed by atoms with van der Waals surface area (Å²) in [5.74, 6) is 0. The Labute approximate surface area is 272 Å². The van der Waals surface area contributed by atoms with Gasteiger partial charge in [-0.25, -0.2) is 4.57 Å². The Kier molecular flexibility index (Phi) is 10.1. The summed E-state index contributed by atoms with van der Waals surface area (Å²) >= 11 is 0. The summed E-state index contributed by atoms with van der Waals surface area (Å²) in [4.78, 5) is 0. The molecule has 0 radical (unpaired) electrons. The second-order valence-corrected chi connectivity index (χ2v) is 11.6. The monoisotopic (exact) mass is 606 g/mol. The van der Waals surface area contributed by atoms with Crippen LogP contribution in [0, 0.1) is 0 Å². The number of hydrogen-bond acceptors (Lipinski definition) is 4. The quantitative estimate of drug-likeness (QED) is 0.0443. The lowest BCUT2D eigenvalue weighted by Crippen LogP contribution is -2.36. The number of hydrogen-bond donors (Lipinski definition) is 0. The third-order valence-corrected chi connectivity index (χ3v) is 8.40. The number of benzene rings is 4. The van der Waals surface area contributed by atoms with Crippen LogP contribution in [0.1, 0.15) is 36.8 Å². The summed E-state index contributed by atoms with van der Waals surface area (Å²) in [7, 11) is 3.97. The third kappa shape index (κ3) is 7.46. The van der Waals surface area contributed by atoms with E-state index in [-0.39, 0.29) is 0 Å². The fraction of sp³-hybridized carbons (Fsp3) is 0.200. The molecule has 6 aromatic rings. The van der Waals surface area contributed by atoms with Gasteiger partial charge in [-0.1, -0.05) is 60.7 Å². The summed E-state index contributed by atoms with van der Waals surface area (Å²) in [5, 5.41) is 15.7. The number of aryl methyl sites for hydroxylation is 2. The van der Waals surface area contributed by atoms with Crippen LogP contribution in [0.2, 0.25) is 0 Å². The standard InChI is InChI=1S/C40H42N6/c1-43(34-19-7-5-8-20-34)41-30-33-18-17-28-45(32-33)27-15-3-4-16-29-46-39-25-13-11-23-36(39)38(37-24-12-14-26-40(37)46)31-42-44(2)35-21-9-6-10-22-35/h5-14,17-26,28,30-32H,3-4,15-16,27,29H2,1-2H3/q+2/b41-30+. The van der Waals surface area contributed by atoms with Crippen LogP contribution < -0.4 is 19.2 Å². The molecule has 0 unspecified atom stereocenters. The van der Waals surface area contributed by atoms with Crippen LogP contribution in [0.5, 0.6) is 0 Å². The molecule has 0 N–H and O–H groups in total. The number of para-hydroxylation sites is 4. The largest absolute Gasteiger partial charge is 0.269 e. The minimum atomic E-state index is 0.983. The van der Waals surface area contributed by atoms with Gasteiger partial charge >= 0.3 is 0 Å². The lowest BCUT2D eigenvalue weighted by Gasteiger charge is -2.13. The highest BCUT2D eigenvalue weighted by molar-refractivity contribution is 6.08. The Morgan fingerprint density at radius 1 is 0.543 bits per heavy atom. The summed E-state index contributed by atoms with van der Waals surface area (Å²) in [6.07, 6.45) is 12.9. The Morgan fingerprint density at radius 3 is 1.67 bits per heavy atom. The highest BCUT2D eigenvalue weighted by atomic mass is 15.4. The molecule has 6 rings (SSSR count). The van der Waals surface area contributed by atoms with Crippen LogP contribution in [0.15, 0.2) is 144 Å². The zero-order valence-corrected chi connectivity index (χ0v) is 26.8. The van der Waals surface area contributed by atoms with Gasteiger partial charge in [0, 0.05) is 50.7 Å². The number of aromatic nitrogens is 2. The maximum Gasteiger partial charge on any atom is 0.213 e. The molecular formula is C40H42N6+2. The molecule has 0 saturated carbocycles. The van der Waals surface area contributed by atoms with Gasteiger partial charge < -0.3 is 0 Å². The van der Waals surface area contributed by atoms with Crippen molar-refractivity contribution in [2.45, 2.75) is 38.8 Å². The predicted molar refractivity (Wildman–Crippen MR) is 192 cm³/mol. The van der Waals surface area contributed by atoms with Gasteiger partial charge in [0.1, 0.15) is 13.1 Å². The second-order valence-electron chi connectivity index (χ2n) is 11.6. The molecule has 2 aromatic heterocycles. The summed E-state index contributed by atoms with van der Waals surface area (Å²) in [6.45, 7) is 1.98.